The first kappa shape index (κ1) is 20.1. The van der Waals surface area contributed by atoms with E-state index in [-0.39, 0.29) is 25.5 Å². The number of rotatable bonds is 5. The predicted molar refractivity (Wildman–Crippen MR) is 110 cm³/mol. The SMILES string of the molecule is Cc1ccc(N2C[C@@H](C(=O)OCC(=O)Nc3ccc(Br)cc3)CC2=O)c(C)c1. The highest BCUT2D eigenvalue weighted by Crippen LogP contribution is 2.29. The maximum atomic E-state index is 12.4. The molecule has 1 aliphatic heterocycles. The van der Waals surface area contributed by atoms with Crippen LogP contribution in [0, 0.1) is 19.8 Å². The topological polar surface area (TPSA) is 75.7 Å². The average molecular weight is 445 g/mol. The first-order valence-electron chi connectivity index (χ1n) is 8.93. The van der Waals surface area contributed by atoms with Gasteiger partial charge in [-0.1, -0.05) is 33.6 Å². The minimum atomic E-state index is -0.575. The molecule has 0 aliphatic carbocycles. The highest BCUT2D eigenvalue weighted by molar-refractivity contribution is 9.10. The fourth-order valence-electron chi connectivity index (χ4n) is 3.19. The molecule has 2 amide bonds. The molecule has 1 fully saturated rings. The smallest absolute Gasteiger partial charge is 0.311 e. The van der Waals surface area contributed by atoms with Gasteiger partial charge in [0, 0.05) is 28.8 Å². The number of carbonyl (C=O) groups is 3. The number of aryl methyl sites for hydroxylation is 2. The van der Waals surface area contributed by atoms with Crippen molar-refractivity contribution in [2.45, 2.75) is 20.3 Å². The Morgan fingerprint density at radius 2 is 1.89 bits per heavy atom. The summed E-state index contributed by atoms with van der Waals surface area (Å²) in [5, 5.41) is 2.66. The lowest BCUT2D eigenvalue weighted by atomic mass is 10.1. The summed E-state index contributed by atoms with van der Waals surface area (Å²) < 4.78 is 6.03. The fraction of sp³-hybridized carbons (Fsp3) is 0.286. The molecule has 0 unspecified atom stereocenters. The van der Waals surface area contributed by atoms with Crippen LogP contribution in [-0.4, -0.2) is 30.9 Å². The van der Waals surface area contributed by atoms with E-state index in [0.717, 1.165) is 21.3 Å². The fourth-order valence-corrected chi connectivity index (χ4v) is 3.46. The number of hydrogen-bond acceptors (Lipinski definition) is 4. The van der Waals surface area contributed by atoms with Crippen molar-refractivity contribution in [3.63, 3.8) is 0 Å². The van der Waals surface area contributed by atoms with Crippen LogP contribution in [-0.2, 0) is 19.1 Å². The van der Waals surface area contributed by atoms with Crippen LogP contribution in [0.25, 0.3) is 0 Å². The van der Waals surface area contributed by atoms with Gasteiger partial charge in [0.25, 0.3) is 5.91 Å². The number of esters is 1. The Labute approximate surface area is 172 Å². The van der Waals surface area contributed by atoms with Crippen molar-refractivity contribution in [1.82, 2.24) is 0 Å². The molecule has 1 atom stereocenters. The number of nitrogens with zero attached hydrogens (tertiary/aromatic N) is 1. The molecule has 0 spiro atoms. The minimum Gasteiger partial charge on any atom is -0.455 e. The summed E-state index contributed by atoms with van der Waals surface area (Å²) in [6.45, 7) is 3.80. The molecule has 7 heteroatoms. The van der Waals surface area contributed by atoms with Gasteiger partial charge in [0.2, 0.25) is 5.91 Å². The Morgan fingerprint density at radius 1 is 1.18 bits per heavy atom. The molecule has 146 valence electrons. The van der Waals surface area contributed by atoms with Crippen LogP contribution in [0.1, 0.15) is 17.5 Å². The Hall–Kier alpha value is -2.67. The third-order valence-corrected chi connectivity index (χ3v) is 5.10. The van der Waals surface area contributed by atoms with Crippen molar-refractivity contribution in [3.05, 3.63) is 58.1 Å². The molecule has 0 bridgehead atoms. The van der Waals surface area contributed by atoms with Crippen LogP contribution in [0.15, 0.2) is 46.9 Å². The lowest BCUT2D eigenvalue weighted by Crippen LogP contribution is -2.28. The first-order valence-corrected chi connectivity index (χ1v) is 9.72. The van der Waals surface area contributed by atoms with Crippen molar-refractivity contribution < 1.29 is 19.1 Å². The molecule has 0 saturated carbocycles. The molecule has 2 aromatic carbocycles. The Morgan fingerprint density at radius 3 is 2.57 bits per heavy atom. The summed E-state index contributed by atoms with van der Waals surface area (Å²) >= 11 is 3.32. The predicted octanol–water partition coefficient (Wildman–Crippen LogP) is 3.60. The highest BCUT2D eigenvalue weighted by atomic mass is 79.9. The normalized spacial score (nSPS) is 16.2. The van der Waals surface area contributed by atoms with E-state index >= 15 is 0 Å². The molecule has 1 saturated heterocycles. The van der Waals surface area contributed by atoms with Gasteiger partial charge in [0.1, 0.15) is 0 Å². The summed E-state index contributed by atoms with van der Waals surface area (Å²) in [5.74, 6) is -1.65. The number of nitrogens with one attached hydrogen (secondary N) is 1. The van der Waals surface area contributed by atoms with Gasteiger partial charge in [-0.05, 0) is 49.7 Å². The molecule has 0 radical (unpaired) electrons. The van der Waals surface area contributed by atoms with Gasteiger partial charge in [0.15, 0.2) is 6.61 Å². The van der Waals surface area contributed by atoms with Crippen LogP contribution in [0.2, 0.25) is 0 Å². The molecule has 3 rings (SSSR count). The molecule has 2 aromatic rings. The molecular formula is C21H21BrN2O4. The zero-order chi connectivity index (χ0) is 20.3. The minimum absolute atomic E-state index is 0.0838. The van der Waals surface area contributed by atoms with Crippen LogP contribution in [0.4, 0.5) is 11.4 Å². The van der Waals surface area contributed by atoms with Gasteiger partial charge in [-0.2, -0.15) is 0 Å². The van der Waals surface area contributed by atoms with E-state index in [9.17, 15) is 14.4 Å². The number of amides is 2. The van der Waals surface area contributed by atoms with Gasteiger partial charge < -0.3 is 15.0 Å². The molecule has 28 heavy (non-hydrogen) atoms. The maximum Gasteiger partial charge on any atom is 0.311 e. The summed E-state index contributed by atoms with van der Waals surface area (Å²) in [7, 11) is 0. The lowest BCUT2D eigenvalue weighted by molar-refractivity contribution is -0.151. The standard InChI is InChI=1S/C21H21BrN2O4/c1-13-3-8-18(14(2)9-13)24-11-15(10-20(24)26)21(27)28-12-19(25)23-17-6-4-16(22)5-7-17/h3-9,15H,10-12H2,1-2H3,(H,23,25)/t15-/m0/s1. The van der Waals surface area contributed by atoms with Gasteiger partial charge in [-0.3, -0.25) is 14.4 Å². The molecule has 6 nitrogen and oxygen atoms in total. The zero-order valence-corrected chi connectivity index (χ0v) is 17.3. The number of anilines is 2. The average Bonchev–Trinajstić information content (AvgIpc) is 3.03. The van der Waals surface area contributed by atoms with Crippen LogP contribution < -0.4 is 10.2 Å². The molecule has 1 aliphatic rings. The molecule has 0 aromatic heterocycles. The molecule has 1 N–H and O–H groups in total. The number of ether oxygens (including phenoxy) is 1. The van der Waals surface area contributed by atoms with Crippen LogP contribution in [0.5, 0.6) is 0 Å². The summed E-state index contributed by atoms with van der Waals surface area (Å²) in [5.41, 5.74) is 3.51. The summed E-state index contributed by atoms with van der Waals surface area (Å²) in [4.78, 5) is 38.3. The number of carbonyl (C=O) groups excluding carboxylic acids is 3. The van der Waals surface area contributed by atoms with Gasteiger partial charge in [-0.15, -0.1) is 0 Å². The Balaban J connectivity index is 1.54. The third kappa shape index (κ3) is 4.78. The van der Waals surface area contributed by atoms with Crippen LogP contribution in [0.3, 0.4) is 0 Å². The Bertz CT molecular complexity index is 911. The van der Waals surface area contributed by atoms with Crippen molar-refractivity contribution >= 4 is 45.1 Å². The van der Waals surface area contributed by atoms with Gasteiger partial charge in [0.05, 0.1) is 5.92 Å². The Kier molecular flexibility index (Phi) is 6.14. The summed E-state index contributed by atoms with van der Waals surface area (Å²) in [6, 6.07) is 12.9. The van der Waals surface area contributed by atoms with E-state index in [1.807, 2.05) is 32.0 Å². The second-order valence-electron chi connectivity index (χ2n) is 6.86. The number of halogens is 1. The van der Waals surface area contributed by atoms with Crippen molar-refractivity contribution in [2.24, 2.45) is 5.92 Å². The second-order valence-corrected chi connectivity index (χ2v) is 7.77. The maximum absolute atomic E-state index is 12.4. The van der Waals surface area contributed by atoms with Crippen molar-refractivity contribution in [2.75, 3.05) is 23.4 Å². The largest absolute Gasteiger partial charge is 0.455 e. The van der Waals surface area contributed by atoms with E-state index in [1.165, 1.54) is 0 Å². The highest BCUT2D eigenvalue weighted by Gasteiger charge is 2.36. The van der Waals surface area contributed by atoms with E-state index in [4.69, 9.17) is 4.74 Å². The van der Waals surface area contributed by atoms with E-state index < -0.39 is 17.8 Å². The van der Waals surface area contributed by atoms with Gasteiger partial charge in [-0.25, -0.2) is 0 Å². The van der Waals surface area contributed by atoms with E-state index in [2.05, 4.69) is 21.2 Å². The molecule has 1 heterocycles. The van der Waals surface area contributed by atoms with Gasteiger partial charge >= 0.3 is 5.97 Å². The summed E-state index contributed by atoms with van der Waals surface area (Å²) in [6.07, 6.45) is 0.0838. The molecular weight excluding hydrogens is 424 g/mol. The van der Waals surface area contributed by atoms with E-state index in [0.29, 0.717) is 5.69 Å². The monoisotopic (exact) mass is 444 g/mol. The number of hydrogen-bond donors (Lipinski definition) is 1. The van der Waals surface area contributed by atoms with Crippen LogP contribution >= 0.6 is 15.9 Å². The second kappa shape index (κ2) is 8.56. The number of benzene rings is 2. The lowest BCUT2D eigenvalue weighted by Gasteiger charge is -2.19. The van der Waals surface area contributed by atoms with E-state index in [1.54, 1.807) is 29.2 Å². The van der Waals surface area contributed by atoms with Crippen molar-refractivity contribution in [3.8, 4) is 0 Å². The van der Waals surface area contributed by atoms with Crippen molar-refractivity contribution in [1.29, 1.82) is 0 Å². The zero-order valence-electron chi connectivity index (χ0n) is 15.7. The quantitative estimate of drug-likeness (QED) is 0.714. The third-order valence-electron chi connectivity index (χ3n) is 4.57. The first-order chi connectivity index (χ1) is 13.3.